The monoisotopic (exact) mass is 363 g/mol. The molecule has 0 unspecified atom stereocenters. The third-order valence-electron chi connectivity index (χ3n) is 5.89. The van der Waals surface area contributed by atoms with E-state index in [9.17, 15) is 9.59 Å². The molecule has 1 spiro atoms. The topological polar surface area (TPSA) is 43.9 Å². The fraction of sp³-hybridized carbons (Fsp3) is 0.364. The van der Waals surface area contributed by atoms with Crippen LogP contribution >= 0.6 is 0 Å². The number of nitrogens with zero attached hydrogens (tertiary/aromatic N) is 3. The lowest BCUT2D eigenvalue weighted by molar-refractivity contribution is -0.123. The molecule has 0 aliphatic carbocycles. The van der Waals surface area contributed by atoms with Crippen LogP contribution in [0.5, 0.6) is 0 Å². The van der Waals surface area contributed by atoms with Gasteiger partial charge in [-0.3, -0.25) is 14.5 Å². The number of hydrogen-bond acceptors (Lipinski definition) is 3. The van der Waals surface area contributed by atoms with E-state index in [-0.39, 0.29) is 17.4 Å². The predicted molar refractivity (Wildman–Crippen MR) is 106 cm³/mol. The highest BCUT2D eigenvalue weighted by Gasteiger charge is 2.48. The van der Waals surface area contributed by atoms with E-state index in [0.29, 0.717) is 26.2 Å². The van der Waals surface area contributed by atoms with Crippen molar-refractivity contribution >= 4 is 17.5 Å². The number of likely N-dealkylation sites (tertiary alicyclic amines) is 1. The van der Waals surface area contributed by atoms with Gasteiger partial charge in [0.2, 0.25) is 5.91 Å². The molecule has 5 nitrogen and oxygen atoms in total. The molecule has 4 rings (SSSR count). The number of benzene rings is 2. The Kier molecular flexibility index (Phi) is 4.48. The standard InChI is InChI=1S/C22H25N3O2/c1-17-7-6-8-18(13-17)21(27)24-12-11-22(15-24)16-25(20(26)14-23(22)2)19-9-4-3-5-10-19/h3-10,13H,11-12,14-16H2,1-2H3/t22-/m1/s1. The van der Waals surface area contributed by atoms with Gasteiger partial charge in [0.05, 0.1) is 12.1 Å². The van der Waals surface area contributed by atoms with Crippen molar-refractivity contribution < 1.29 is 9.59 Å². The molecule has 2 saturated heterocycles. The minimum absolute atomic E-state index is 0.0761. The average molecular weight is 363 g/mol. The largest absolute Gasteiger partial charge is 0.337 e. The number of hydrogen-bond donors (Lipinski definition) is 0. The maximum absolute atomic E-state index is 13.0. The molecule has 0 aromatic heterocycles. The van der Waals surface area contributed by atoms with Gasteiger partial charge in [0.25, 0.3) is 5.91 Å². The molecule has 140 valence electrons. The molecule has 2 aromatic rings. The van der Waals surface area contributed by atoms with Gasteiger partial charge in [-0.05, 0) is 44.7 Å². The van der Waals surface area contributed by atoms with Crippen molar-refractivity contribution in [2.45, 2.75) is 18.9 Å². The molecule has 27 heavy (non-hydrogen) atoms. The molecule has 2 heterocycles. The van der Waals surface area contributed by atoms with Crippen LogP contribution in [0.3, 0.4) is 0 Å². The van der Waals surface area contributed by atoms with Crippen LogP contribution in [-0.4, -0.2) is 60.4 Å². The van der Waals surface area contributed by atoms with Crippen molar-refractivity contribution in [3.05, 3.63) is 65.7 Å². The highest BCUT2D eigenvalue weighted by molar-refractivity contribution is 5.97. The van der Waals surface area contributed by atoms with Gasteiger partial charge in [-0.1, -0.05) is 35.9 Å². The van der Waals surface area contributed by atoms with Crippen LogP contribution in [0.25, 0.3) is 0 Å². The quantitative estimate of drug-likeness (QED) is 0.824. The lowest BCUT2D eigenvalue weighted by Crippen LogP contribution is -2.64. The molecular formula is C22H25N3O2. The van der Waals surface area contributed by atoms with Crippen LogP contribution in [0.15, 0.2) is 54.6 Å². The zero-order valence-corrected chi connectivity index (χ0v) is 15.9. The second kappa shape index (κ2) is 6.82. The Bertz CT molecular complexity index is 867. The molecule has 0 bridgehead atoms. The summed E-state index contributed by atoms with van der Waals surface area (Å²) in [5, 5.41) is 0. The Labute approximate surface area is 160 Å². The van der Waals surface area contributed by atoms with Crippen LogP contribution < -0.4 is 4.90 Å². The number of likely N-dealkylation sites (N-methyl/N-ethyl adjacent to an activating group) is 1. The van der Waals surface area contributed by atoms with Crippen molar-refractivity contribution in [2.75, 3.05) is 38.1 Å². The van der Waals surface area contributed by atoms with Crippen molar-refractivity contribution in [3.8, 4) is 0 Å². The minimum Gasteiger partial charge on any atom is -0.337 e. The first-order chi connectivity index (χ1) is 13.0. The third kappa shape index (κ3) is 3.23. The Morgan fingerprint density at radius 2 is 1.81 bits per heavy atom. The van der Waals surface area contributed by atoms with E-state index in [1.165, 1.54) is 0 Å². The summed E-state index contributed by atoms with van der Waals surface area (Å²) in [5.74, 6) is 0.185. The maximum atomic E-state index is 13.0. The summed E-state index contributed by atoms with van der Waals surface area (Å²) >= 11 is 0. The molecule has 0 radical (unpaired) electrons. The lowest BCUT2D eigenvalue weighted by atomic mass is 9.92. The minimum atomic E-state index is -0.191. The fourth-order valence-corrected chi connectivity index (χ4v) is 4.23. The van der Waals surface area contributed by atoms with Crippen molar-refractivity contribution in [1.29, 1.82) is 0 Å². The number of para-hydroxylation sites is 1. The third-order valence-corrected chi connectivity index (χ3v) is 5.89. The van der Waals surface area contributed by atoms with E-state index in [4.69, 9.17) is 0 Å². The summed E-state index contributed by atoms with van der Waals surface area (Å²) in [6.07, 6.45) is 0.873. The molecule has 2 aliphatic heterocycles. The Morgan fingerprint density at radius 3 is 2.56 bits per heavy atom. The SMILES string of the molecule is Cc1cccc(C(=O)N2CC[C@@]3(C2)CN(c2ccccc2)C(=O)CN3C)c1. The van der Waals surface area contributed by atoms with Gasteiger partial charge in [-0.15, -0.1) is 0 Å². The summed E-state index contributed by atoms with van der Waals surface area (Å²) < 4.78 is 0. The van der Waals surface area contributed by atoms with Crippen LogP contribution in [0.4, 0.5) is 5.69 Å². The first kappa shape index (κ1) is 17.7. The van der Waals surface area contributed by atoms with E-state index >= 15 is 0 Å². The summed E-state index contributed by atoms with van der Waals surface area (Å²) in [6.45, 7) is 4.35. The molecular weight excluding hydrogens is 338 g/mol. The van der Waals surface area contributed by atoms with Crippen LogP contribution in [0.1, 0.15) is 22.3 Å². The number of piperazine rings is 1. The molecule has 0 N–H and O–H groups in total. The Morgan fingerprint density at radius 1 is 1.04 bits per heavy atom. The fourth-order valence-electron chi connectivity index (χ4n) is 4.23. The maximum Gasteiger partial charge on any atom is 0.253 e. The number of carbonyl (C=O) groups excluding carboxylic acids is 2. The van der Waals surface area contributed by atoms with Crippen molar-refractivity contribution in [1.82, 2.24) is 9.80 Å². The first-order valence-corrected chi connectivity index (χ1v) is 9.41. The Hall–Kier alpha value is -2.66. The second-order valence-electron chi connectivity index (χ2n) is 7.74. The number of amides is 2. The average Bonchev–Trinajstić information content (AvgIpc) is 3.10. The lowest BCUT2D eigenvalue weighted by Gasteiger charge is -2.46. The molecule has 1 atom stereocenters. The van der Waals surface area contributed by atoms with E-state index in [1.807, 2.05) is 78.4 Å². The van der Waals surface area contributed by atoms with Gasteiger partial charge in [-0.2, -0.15) is 0 Å². The number of anilines is 1. The van der Waals surface area contributed by atoms with Crippen LogP contribution in [0, 0.1) is 6.92 Å². The van der Waals surface area contributed by atoms with E-state index in [2.05, 4.69) is 4.90 Å². The summed E-state index contributed by atoms with van der Waals surface area (Å²) in [6, 6.07) is 17.6. The van der Waals surface area contributed by atoms with Gasteiger partial charge < -0.3 is 9.80 Å². The predicted octanol–water partition coefficient (Wildman–Crippen LogP) is 2.56. The van der Waals surface area contributed by atoms with Gasteiger partial charge in [0, 0.05) is 30.9 Å². The van der Waals surface area contributed by atoms with E-state index in [0.717, 1.165) is 23.2 Å². The number of aryl methyl sites for hydroxylation is 1. The normalized spacial score (nSPS) is 23.3. The van der Waals surface area contributed by atoms with Crippen LogP contribution in [-0.2, 0) is 4.79 Å². The number of rotatable bonds is 2. The van der Waals surface area contributed by atoms with Crippen molar-refractivity contribution in [3.63, 3.8) is 0 Å². The van der Waals surface area contributed by atoms with Gasteiger partial charge >= 0.3 is 0 Å². The molecule has 0 saturated carbocycles. The molecule has 5 heteroatoms. The molecule has 2 amide bonds. The smallest absolute Gasteiger partial charge is 0.253 e. The summed E-state index contributed by atoms with van der Waals surface area (Å²) in [7, 11) is 2.00. The van der Waals surface area contributed by atoms with Gasteiger partial charge in [-0.25, -0.2) is 0 Å². The summed E-state index contributed by atoms with van der Waals surface area (Å²) in [4.78, 5) is 31.5. The molecule has 2 aliphatic rings. The second-order valence-corrected chi connectivity index (χ2v) is 7.74. The highest BCUT2D eigenvalue weighted by atomic mass is 16.2. The zero-order valence-electron chi connectivity index (χ0n) is 15.9. The summed E-state index contributed by atoms with van der Waals surface area (Å²) in [5.41, 5.74) is 2.56. The van der Waals surface area contributed by atoms with E-state index in [1.54, 1.807) is 0 Å². The van der Waals surface area contributed by atoms with Gasteiger partial charge in [0.15, 0.2) is 0 Å². The Balaban J connectivity index is 1.56. The zero-order chi connectivity index (χ0) is 19.0. The van der Waals surface area contributed by atoms with Crippen molar-refractivity contribution in [2.24, 2.45) is 0 Å². The first-order valence-electron chi connectivity index (χ1n) is 9.41. The molecule has 2 fully saturated rings. The van der Waals surface area contributed by atoms with E-state index < -0.39 is 0 Å². The molecule has 2 aromatic carbocycles. The number of carbonyl (C=O) groups is 2. The highest BCUT2D eigenvalue weighted by Crippen LogP contribution is 2.34. The van der Waals surface area contributed by atoms with Gasteiger partial charge in [0.1, 0.15) is 0 Å². The van der Waals surface area contributed by atoms with Crippen LogP contribution in [0.2, 0.25) is 0 Å².